The Morgan fingerprint density at radius 3 is 1.69 bits per heavy atom. The highest BCUT2D eigenvalue weighted by atomic mass is 16.3. The van der Waals surface area contributed by atoms with Crippen molar-refractivity contribution in [1.82, 2.24) is 0 Å². The number of nitrogens with zero attached hydrogens (tertiary/aromatic N) is 1. The van der Waals surface area contributed by atoms with Crippen molar-refractivity contribution >= 4 is 71.3 Å². The fraction of sp³-hybridized carbons (Fsp3) is 0.118. The van der Waals surface area contributed by atoms with E-state index in [1.807, 2.05) is 12.1 Å². The Hall–Kier alpha value is -8.20. The van der Waals surface area contributed by atoms with Gasteiger partial charge >= 0.3 is 0 Å². The van der Waals surface area contributed by atoms with Gasteiger partial charge in [0.15, 0.2) is 0 Å². The van der Waals surface area contributed by atoms with Gasteiger partial charge in [-0.25, -0.2) is 0 Å². The topological polar surface area (TPSA) is 16.4 Å². The molecule has 1 heterocycles. The Morgan fingerprint density at radius 1 is 0.314 bits per heavy atom. The molecule has 11 aromatic carbocycles. The minimum absolute atomic E-state index is 0.0133. The van der Waals surface area contributed by atoms with Crippen LogP contribution in [0.2, 0.25) is 0 Å². The second-order valence-electron chi connectivity index (χ2n) is 21.0. The molecule has 2 heteroatoms. The van der Waals surface area contributed by atoms with Crippen LogP contribution in [-0.2, 0) is 10.8 Å². The number of furan rings is 1. The summed E-state index contributed by atoms with van der Waals surface area (Å²) in [7, 11) is 0. The highest BCUT2D eigenvalue weighted by Gasteiger charge is 2.24. The molecular weight excluding hydrogens is 847 g/mol. The van der Waals surface area contributed by atoms with Crippen LogP contribution in [0, 0.1) is 0 Å². The second-order valence-corrected chi connectivity index (χ2v) is 21.0. The predicted molar refractivity (Wildman–Crippen MR) is 300 cm³/mol. The molecule has 0 aliphatic heterocycles. The van der Waals surface area contributed by atoms with E-state index in [2.05, 4.69) is 259 Å². The van der Waals surface area contributed by atoms with Crippen LogP contribution >= 0.6 is 0 Å². The Balaban J connectivity index is 1.05. The van der Waals surface area contributed by atoms with Crippen molar-refractivity contribution in [2.75, 3.05) is 4.90 Å². The molecule has 12 aromatic rings. The van der Waals surface area contributed by atoms with Crippen molar-refractivity contribution in [3.63, 3.8) is 0 Å². The lowest BCUT2D eigenvalue weighted by molar-refractivity contribution is 0.569. The molecule has 0 saturated carbocycles. The Labute approximate surface area is 411 Å². The van der Waals surface area contributed by atoms with Gasteiger partial charge in [-0.1, -0.05) is 217 Å². The summed E-state index contributed by atoms with van der Waals surface area (Å²) in [6, 6.07) is 82.7. The van der Waals surface area contributed by atoms with Gasteiger partial charge in [0.2, 0.25) is 0 Å². The summed E-state index contributed by atoms with van der Waals surface area (Å²) < 4.78 is 6.34. The third-order valence-corrected chi connectivity index (χ3v) is 14.4. The molecule has 0 unspecified atom stereocenters. The molecule has 0 saturated heterocycles. The van der Waals surface area contributed by atoms with E-state index in [9.17, 15) is 0 Å². The van der Waals surface area contributed by atoms with Crippen molar-refractivity contribution in [1.29, 1.82) is 0 Å². The fourth-order valence-corrected chi connectivity index (χ4v) is 10.6. The van der Waals surface area contributed by atoms with Crippen molar-refractivity contribution in [3.8, 4) is 44.5 Å². The van der Waals surface area contributed by atoms with Gasteiger partial charge in [-0.15, -0.1) is 0 Å². The van der Waals surface area contributed by atoms with Crippen molar-refractivity contribution < 1.29 is 4.42 Å². The van der Waals surface area contributed by atoms with Crippen LogP contribution in [0.4, 0.5) is 17.1 Å². The van der Waals surface area contributed by atoms with Gasteiger partial charge in [-0.2, -0.15) is 0 Å². The molecule has 0 aliphatic carbocycles. The lowest BCUT2D eigenvalue weighted by Gasteiger charge is -2.29. The molecule has 0 N–H and O–H groups in total. The number of benzene rings is 11. The van der Waals surface area contributed by atoms with E-state index in [4.69, 9.17) is 4.42 Å². The lowest BCUT2D eigenvalue weighted by Crippen LogP contribution is -2.16. The molecular formula is C68H55NO. The summed E-state index contributed by atoms with van der Waals surface area (Å²) in [4.78, 5) is 2.45. The van der Waals surface area contributed by atoms with Gasteiger partial charge in [0.1, 0.15) is 11.2 Å². The minimum Gasteiger partial charge on any atom is -0.456 e. The van der Waals surface area contributed by atoms with E-state index in [-0.39, 0.29) is 10.8 Å². The highest BCUT2D eigenvalue weighted by molar-refractivity contribution is 6.13. The van der Waals surface area contributed by atoms with Crippen molar-refractivity contribution in [3.05, 3.63) is 236 Å². The molecule has 0 bridgehead atoms. The maximum atomic E-state index is 6.34. The lowest BCUT2D eigenvalue weighted by atomic mass is 9.78. The third-order valence-electron chi connectivity index (χ3n) is 14.4. The van der Waals surface area contributed by atoms with Gasteiger partial charge in [-0.3, -0.25) is 0 Å². The normalized spacial score (nSPS) is 12.1. The molecule has 0 radical (unpaired) electrons. The van der Waals surface area contributed by atoms with Gasteiger partial charge in [0.05, 0.1) is 5.69 Å². The van der Waals surface area contributed by atoms with Crippen LogP contribution in [0.5, 0.6) is 0 Å². The molecule has 338 valence electrons. The van der Waals surface area contributed by atoms with E-state index >= 15 is 0 Å². The molecule has 2 nitrogen and oxygen atoms in total. The molecule has 0 spiro atoms. The zero-order chi connectivity index (χ0) is 47.7. The van der Waals surface area contributed by atoms with Gasteiger partial charge in [0.25, 0.3) is 0 Å². The van der Waals surface area contributed by atoms with Crippen LogP contribution in [0.3, 0.4) is 0 Å². The average Bonchev–Trinajstić information content (AvgIpc) is 3.76. The van der Waals surface area contributed by atoms with Crippen LogP contribution < -0.4 is 4.90 Å². The molecule has 0 atom stereocenters. The summed E-state index contributed by atoms with van der Waals surface area (Å²) in [5.74, 6) is 0. The maximum Gasteiger partial charge on any atom is 0.136 e. The summed E-state index contributed by atoms with van der Waals surface area (Å²) in [5, 5.41) is 9.74. The number of hydrogen-bond donors (Lipinski definition) is 0. The summed E-state index contributed by atoms with van der Waals surface area (Å²) in [5.41, 5.74) is 17.2. The zero-order valence-corrected chi connectivity index (χ0v) is 40.7. The molecule has 12 rings (SSSR count). The predicted octanol–water partition coefficient (Wildman–Crippen LogP) is 19.8. The summed E-state index contributed by atoms with van der Waals surface area (Å²) >= 11 is 0. The largest absolute Gasteiger partial charge is 0.456 e. The average molecular weight is 902 g/mol. The summed E-state index contributed by atoms with van der Waals surface area (Å²) in [6.45, 7) is 13.9. The second kappa shape index (κ2) is 16.8. The van der Waals surface area contributed by atoms with Crippen molar-refractivity contribution in [2.24, 2.45) is 0 Å². The number of hydrogen-bond acceptors (Lipinski definition) is 2. The van der Waals surface area contributed by atoms with Crippen LogP contribution in [0.1, 0.15) is 52.7 Å². The van der Waals surface area contributed by atoms with E-state index in [1.165, 1.54) is 65.7 Å². The number of fused-ring (bicyclic) bond motifs is 7. The van der Waals surface area contributed by atoms with Gasteiger partial charge in [0, 0.05) is 27.7 Å². The van der Waals surface area contributed by atoms with Gasteiger partial charge < -0.3 is 9.32 Å². The standard InChI is InChI=1S/C68H55NO/c1-67(2,3)50-39-49(40-51(43-50)68(4,5)6)56-26-14-18-46-19-15-28-62(66(46)56)59-23-9-11-29-63(59)69(52-35-31-44(32-36-52)47-34-38-61-60-24-10-12-30-64(60)70-65(61)42-47)53-21-13-20-48(41-53)55-25-16-27-57-54-22-8-7-17-45(54)33-37-58(55)57/h7-43H,1-6H3. The number of para-hydroxylation sites is 2. The van der Waals surface area contributed by atoms with Crippen LogP contribution in [0.15, 0.2) is 229 Å². The SMILES string of the molecule is CC(C)(C)c1cc(-c2cccc3cccc(-c4ccccc4N(c4ccc(-c5ccc6c(c5)oc5ccccc56)cc4)c4cccc(-c5cccc6c5ccc5ccccc56)c4)c23)cc(C(C)(C)C)c1. The fourth-order valence-electron chi connectivity index (χ4n) is 10.6. The van der Waals surface area contributed by atoms with Crippen LogP contribution in [0.25, 0.3) is 98.8 Å². The zero-order valence-electron chi connectivity index (χ0n) is 40.7. The maximum absolute atomic E-state index is 6.34. The molecule has 70 heavy (non-hydrogen) atoms. The monoisotopic (exact) mass is 901 g/mol. The Morgan fingerprint density at radius 2 is 0.900 bits per heavy atom. The Kier molecular flexibility index (Phi) is 10.3. The first kappa shape index (κ1) is 43.1. The molecule has 0 amide bonds. The Bertz CT molecular complexity index is 3930. The number of rotatable bonds is 7. The quantitative estimate of drug-likeness (QED) is 0.148. The molecule has 0 aliphatic rings. The first-order valence-electron chi connectivity index (χ1n) is 24.6. The van der Waals surface area contributed by atoms with E-state index in [0.717, 1.165) is 61.3 Å². The molecule has 1 aromatic heterocycles. The van der Waals surface area contributed by atoms with Gasteiger partial charge in [-0.05, 0) is 142 Å². The first-order chi connectivity index (χ1) is 34.0. The number of anilines is 3. The van der Waals surface area contributed by atoms with E-state index in [1.54, 1.807) is 0 Å². The van der Waals surface area contributed by atoms with E-state index in [0.29, 0.717) is 0 Å². The minimum atomic E-state index is -0.0133. The smallest absolute Gasteiger partial charge is 0.136 e. The highest BCUT2D eigenvalue weighted by Crippen LogP contribution is 2.47. The van der Waals surface area contributed by atoms with Crippen molar-refractivity contribution in [2.45, 2.75) is 52.4 Å². The first-order valence-corrected chi connectivity index (χ1v) is 24.6. The van der Waals surface area contributed by atoms with Crippen LogP contribution in [-0.4, -0.2) is 0 Å². The third kappa shape index (κ3) is 7.61. The molecule has 0 fully saturated rings. The van der Waals surface area contributed by atoms with E-state index < -0.39 is 0 Å². The summed E-state index contributed by atoms with van der Waals surface area (Å²) in [6.07, 6.45) is 0.